The minimum atomic E-state index is -0.280. The number of hydrogen-bond acceptors (Lipinski definition) is 5. The van der Waals surface area contributed by atoms with E-state index in [4.69, 9.17) is 18.9 Å². The third-order valence-corrected chi connectivity index (χ3v) is 6.55. The Labute approximate surface area is 231 Å². The van der Waals surface area contributed by atoms with Crippen molar-refractivity contribution in [2.75, 3.05) is 12.4 Å². The van der Waals surface area contributed by atoms with E-state index >= 15 is 0 Å². The SMILES string of the molecule is COc1cc(C=CC(=O)Nc2ccccc2-c2nc3c(ccc4ccccc43)o2)ccc1OCc1ccccc1. The first-order chi connectivity index (χ1) is 19.7. The summed E-state index contributed by atoms with van der Waals surface area (Å²) >= 11 is 0. The molecule has 1 heterocycles. The van der Waals surface area contributed by atoms with Crippen molar-refractivity contribution in [2.24, 2.45) is 0 Å². The average Bonchev–Trinajstić information content (AvgIpc) is 3.45. The van der Waals surface area contributed by atoms with Gasteiger partial charge in [-0.3, -0.25) is 4.79 Å². The maximum absolute atomic E-state index is 12.9. The van der Waals surface area contributed by atoms with Gasteiger partial charge in [-0.2, -0.15) is 0 Å². The second kappa shape index (κ2) is 11.2. The number of nitrogens with zero attached hydrogens (tertiary/aromatic N) is 1. The normalized spacial score (nSPS) is 11.2. The fraction of sp³-hybridized carbons (Fsp3) is 0.0588. The number of carbonyl (C=O) groups is 1. The third kappa shape index (κ3) is 5.28. The van der Waals surface area contributed by atoms with Crippen molar-refractivity contribution in [2.45, 2.75) is 6.61 Å². The lowest BCUT2D eigenvalue weighted by Crippen LogP contribution is -2.08. The van der Waals surface area contributed by atoms with Crippen LogP contribution in [-0.4, -0.2) is 18.0 Å². The van der Waals surface area contributed by atoms with E-state index in [1.807, 2.05) is 109 Å². The van der Waals surface area contributed by atoms with E-state index in [2.05, 4.69) is 5.32 Å². The number of anilines is 1. The zero-order valence-electron chi connectivity index (χ0n) is 21.8. The smallest absolute Gasteiger partial charge is 0.248 e. The number of fused-ring (bicyclic) bond motifs is 3. The predicted octanol–water partition coefficient (Wildman–Crippen LogP) is 7.89. The first-order valence-corrected chi connectivity index (χ1v) is 12.9. The number of methoxy groups -OCH3 is 1. The molecule has 0 aliphatic heterocycles. The Hall–Kier alpha value is -5.36. The number of ether oxygens (including phenoxy) is 2. The zero-order valence-corrected chi connectivity index (χ0v) is 21.8. The Kier molecular flexibility index (Phi) is 6.97. The van der Waals surface area contributed by atoms with Crippen LogP contribution in [0.2, 0.25) is 0 Å². The van der Waals surface area contributed by atoms with Crippen LogP contribution < -0.4 is 14.8 Å². The van der Waals surface area contributed by atoms with Crippen molar-refractivity contribution < 1.29 is 18.7 Å². The number of para-hydroxylation sites is 1. The molecule has 0 bridgehead atoms. The maximum Gasteiger partial charge on any atom is 0.248 e. The van der Waals surface area contributed by atoms with Crippen LogP contribution in [0.3, 0.4) is 0 Å². The van der Waals surface area contributed by atoms with Crippen LogP contribution in [0.5, 0.6) is 11.5 Å². The van der Waals surface area contributed by atoms with Crippen LogP contribution in [0.15, 0.2) is 120 Å². The highest BCUT2D eigenvalue weighted by Gasteiger charge is 2.15. The first-order valence-electron chi connectivity index (χ1n) is 12.9. The number of amides is 1. The van der Waals surface area contributed by atoms with Crippen LogP contribution in [0.1, 0.15) is 11.1 Å². The molecule has 0 aliphatic carbocycles. The van der Waals surface area contributed by atoms with Gasteiger partial charge in [0.1, 0.15) is 12.1 Å². The van der Waals surface area contributed by atoms with Crippen LogP contribution in [0.4, 0.5) is 5.69 Å². The molecule has 5 aromatic carbocycles. The summed E-state index contributed by atoms with van der Waals surface area (Å²) in [5, 5.41) is 5.07. The molecule has 0 unspecified atom stereocenters. The Morgan fingerprint density at radius 1 is 0.875 bits per heavy atom. The van der Waals surface area contributed by atoms with Crippen molar-refractivity contribution >= 4 is 39.5 Å². The van der Waals surface area contributed by atoms with E-state index in [1.54, 1.807) is 13.2 Å². The molecule has 1 amide bonds. The Balaban J connectivity index is 1.18. The highest BCUT2D eigenvalue weighted by atomic mass is 16.5. The summed E-state index contributed by atoms with van der Waals surface area (Å²) in [6.45, 7) is 0.435. The monoisotopic (exact) mass is 526 g/mol. The number of carbonyl (C=O) groups excluding carboxylic acids is 1. The molecule has 1 N–H and O–H groups in total. The Bertz CT molecular complexity index is 1840. The molecule has 6 heteroatoms. The van der Waals surface area contributed by atoms with E-state index in [0.29, 0.717) is 40.8 Å². The van der Waals surface area contributed by atoms with Gasteiger partial charge in [0.05, 0.1) is 18.4 Å². The summed E-state index contributed by atoms with van der Waals surface area (Å²) in [6, 6.07) is 34.9. The molecule has 6 nitrogen and oxygen atoms in total. The van der Waals surface area contributed by atoms with Gasteiger partial charge in [-0.25, -0.2) is 4.98 Å². The van der Waals surface area contributed by atoms with E-state index < -0.39 is 0 Å². The number of aromatic nitrogens is 1. The molecule has 0 fully saturated rings. The third-order valence-electron chi connectivity index (χ3n) is 6.55. The zero-order chi connectivity index (χ0) is 27.3. The molecular formula is C34H26N2O4. The molecule has 1 aromatic heterocycles. The van der Waals surface area contributed by atoms with Gasteiger partial charge in [-0.05, 0) is 52.9 Å². The van der Waals surface area contributed by atoms with Gasteiger partial charge in [-0.1, -0.05) is 78.9 Å². The summed E-state index contributed by atoms with van der Waals surface area (Å²) in [5.74, 6) is 1.39. The van der Waals surface area contributed by atoms with E-state index in [0.717, 1.165) is 27.4 Å². The average molecular weight is 527 g/mol. The lowest BCUT2D eigenvalue weighted by atomic mass is 10.1. The van der Waals surface area contributed by atoms with Gasteiger partial charge in [0.2, 0.25) is 11.8 Å². The number of nitrogens with one attached hydrogen (secondary N) is 1. The second-order valence-electron chi connectivity index (χ2n) is 9.21. The minimum Gasteiger partial charge on any atom is -0.493 e. The van der Waals surface area contributed by atoms with Crippen molar-refractivity contribution in [1.29, 1.82) is 0 Å². The summed E-state index contributed by atoms with van der Waals surface area (Å²) in [6.07, 6.45) is 3.21. The van der Waals surface area contributed by atoms with Crippen molar-refractivity contribution in [3.05, 3.63) is 126 Å². The van der Waals surface area contributed by atoms with Gasteiger partial charge in [0, 0.05) is 11.5 Å². The summed E-state index contributed by atoms with van der Waals surface area (Å²) in [4.78, 5) is 17.7. The van der Waals surface area contributed by atoms with Gasteiger partial charge < -0.3 is 19.2 Å². The molecule has 0 radical (unpaired) electrons. The Morgan fingerprint density at radius 3 is 2.55 bits per heavy atom. The molecule has 0 saturated carbocycles. The molecule has 0 spiro atoms. The van der Waals surface area contributed by atoms with Crippen molar-refractivity contribution in [1.82, 2.24) is 4.98 Å². The van der Waals surface area contributed by atoms with Gasteiger partial charge in [-0.15, -0.1) is 0 Å². The number of rotatable bonds is 8. The van der Waals surface area contributed by atoms with Gasteiger partial charge in [0.25, 0.3) is 0 Å². The van der Waals surface area contributed by atoms with Crippen LogP contribution in [0, 0.1) is 0 Å². The van der Waals surface area contributed by atoms with E-state index in [-0.39, 0.29) is 5.91 Å². The van der Waals surface area contributed by atoms with Crippen LogP contribution >= 0.6 is 0 Å². The second-order valence-corrected chi connectivity index (χ2v) is 9.21. The molecule has 6 aromatic rings. The molecule has 40 heavy (non-hydrogen) atoms. The standard InChI is InChI=1S/C34H26N2O4/c1-38-31-21-23(15-18-29(31)39-22-24-9-3-2-4-10-24)16-20-32(37)35-28-14-8-7-13-27(28)34-36-33-26-12-6-5-11-25(26)17-19-30(33)40-34/h2-21H,22H2,1H3,(H,35,37). The number of hydrogen-bond donors (Lipinski definition) is 1. The van der Waals surface area contributed by atoms with Crippen molar-refractivity contribution in [3.8, 4) is 23.0 Å². The molecule has 0 atom stereocenters. The van der Waals surface area contributed by atoms with Gasteiger partial charge >= 0.3 is 0 Å². The lowest BCUT2D eigenvalue weighted by Gasteiger charge is -2.11. The fourth-order valence-electron chi connectivity index (χ4n) is 4.54. The lowest BCUT2D eigenvalue weighted by molar-refractivity contribution is -0.111. The van der Waals surface area contributed by atoms with E-state index in [1.165, 1.54) is 6.08 Å². The fourth-order valence-corrected chi connectivity index (χ4v) is 4.54. The van der Waals surface area contributed by atoms with Crippen LogP contribution in [-0.2, 0) is 11.4 Å². The molecule has 6 rings (SSSR count). The highest BCUT2D eigenvalue weighted by Crippen LogP contribution is 2.33. The topological polar surface area (TPSA) is 73.6 Å². The van der Waals surface area contributed by atoms with Crippen LogP contribution in [0.25, 0.3) is 39.4 Å². The molecule has 196 valence electrons. The summed E-state index contributed by atoms with van der Waals surface area (Å²) < 4.78 is 17.5. The number of oxazole rings is 1. The largest absolute Gasteiger partial charge is 0.493 e. The molecule has 0 saturated heterocycles. The van der Waals surface area contributed by atoms with Gasteiger partial charge in [0.15, 0.2) is 17.1 Å². The Morgan fingerprint density at radius 2 is 1.68 bits per heavy atom. The number of benzene rings is 5. The first kappa shape index (κ1) is 24.9. The summed E-state index contributed by atoms with van der Waals surface area (Å²) in [5.41, 5.74) is 4.66. The quantitative estimate of drug-likeness (QED) is 0.204. The predicted molar refractivity (Wildman–Crippen MR) is 158 cm³/mol. The minimum absolute atomic E-state index is 0.280. The molecular weight excluding hydrogens is 500 g/mol. The van der Waals surface area contributed by atoms with E-state index in [9.17, 15) is 4.79 Å². The maximum atomic E-state index is 12.9. The highest BCUT2D eigenvalue weighted by molar-refractivity contribution is 6.06. The van der Waals surface area contributed by atoms with Crippen molar-refractivity contribution in [3.63, 3.8) is 0 Å². The molecule has 0 aliphatic rings. The summed E-state index contributed by atoms with van der Waals surface area (Å²) in [7, 11) is 1.59.